The van der Waals surface area contributed by atoms with Gasteiger partial charge in [0.15, 0.2) is 0 Å². The summed E-state index contributed by atoms with van der Waals surface area (Å²) in [6.07, 6.45) is 5.42. The highest BCUT2D eigenvalue weighted by Crippen LogP contribution is 2.23. The third-order valence-electron chi connectivity index (χ3n) is 3.58. The number of benzene rings is 1. The van der Waals surface area contributed by atoms with Crippen LogP contribution >= 0.6 is 0 Å². The molecule has 0 unspecified atom stereocenters. The first kappa shape index (κ1) is 12.7. The zero-order chi connectivity index (χ0) is 13.9. The van der Waals surface area contributed by atoms with Crippen LogP contribution in [0.1, 0.15) is 23.1 Å². The van der Waals surface area contributed by atoms with Crippen molar-refractivity contribution in [1.29, 1.82) is 0 Å². The van der Waals surface area contributed by atoms with Crippen LogP contribution in [0, 0.1) is 0 Å². The summed E-state index contributed by atoms with van der Waals surface area (Å²) in [5.41, 5.74) is 10.0. The largest absolute Gasteiger partial charge is 0.397 e. The lowest BCUT2D eigenvalue weighted by molar-refractivity contribution is -0.115. The molecule has 0 fully saturated rings. The summed E-state index contributed by atoms with van der Waals surface area (Å²) in [5.74, 6) is 0.477. The van der Waals surface area contributed by atoms with Gasteiger partial charge < -0.3 is 11.1 Å². The zero-order valence-electron chi connectivity index (χ0n) is 11.2. The topological polar surface area (TPSA) is 68.0 Å². The van der Waals surface area contributed by atoms with Crippen molar-refractivity contribution in [3.05, 3.63) is 53.2 Å². The van der Waals surface area contributed by atoms with Crippen molar-refractivity contribution >= 4 is 17.4 Å². The SMILES string of the molecule is Nc1ccc(NC(=O)Cc2ccc3c(c2)CCC3)nc1. The lowest BCUT2D eigenvalue weighted by Crippen LogP contribution is -2.15. The minimum absolute atomic E-state index is 0.0554. The Balaban J connectivity index is 1.65. The number of fused-ring (bicyclic) bond motifs is 1. The molecule has 4 heteroatoms. The highest BCUT2D eigenvalue weighted by Gasteiger charge is 2.12. The fourth-order valence-corrected chi connectivity index (χ4v) is 2.59. The Morgan fingerprint density at radius 1 is 1.20 bits per heavy atom. The van der Waals surface area contributed by atoms with Crippen molar-refractivity contribution in [1.82, 2.24) is 4.98 Å². The Bertz CT molecular complexity index is 635. The van der Waals surface area contributed by atoms with E-state index in [-0.39, 0.29) is 5.91 Å². The van der Waals surface area contributed by atoms with E-state index in [0.717, 1.165) is 18.4 Å². The van der Waals surface area contributed by atoms with Crippen molar-refractivity contribution in [3.8, 4) is 0 Å². The number of anilines is 2. The molecule has 3 rings (SSSR count). The van der Waals surface area contributed by atoms with Gasteiger partial charge in [-0.1, -0.05) is 18.2 Å². The zero-order valence-corrected chi connectivity index (χ0v) is 11.2. The maximum absolute atomic E-state index is 12.0. The summed E-state index contributed by atoms with van der Waals surface area (Å²) in [5, 5.41) is 2.78. The predicted molar refractivity (Wildman–Crippen MR) is 79.5 cm³/mol. The van der Waals surface area contributed by atoms with E-state index in [0.29, 0.717) is 17.9 Å². The van der Waals surface area contributed by atoms with Gasteiger partial charge in [0.2, 0.25) is 5.91 Å². The summed E-state index contributed by atoms with van der Waals surface area (Å²) in [6, 6.07) is 9.76. The smallest absolute Gasteiger partial charge is 0.229 e. The first-order chi connectivity index (χ1) is 9.70. The fraction of sp³-hybridized carbons (Fsp3) is 0.250. The highest BCUT2D eigenvalue weighted by atomic mass is 16.1. The molecule has 4 nitrogen and oxygen atoms in total. The Labute approximate surface area is 118 Å². The van der Waals surface area contributed by atoms with Gasteiger partial charge in [-0.15, -0.1) is 0 Å². The number of amides is 1. The summed E-state index contributed by atoms with van der Waals surface area (Å²) >= 11 is 0. The molecular formula is C16H17N3O. The lowest BCUT2D eigenvalue weighted by Gasteiger charge is -2.06. The minimum atomic E-state index is -0.0554. The first-order valence-electron chi connectivity index (χ1n) is 6.83. The molecule has 102 valence electrons. The van der Waals surface area contributed by atoms with E-state index in [1.807, 2.05) is 6.07 Å². The van der Waals surface area contributed by atoms with Gasteiger partial charge in [-0.3, -0.25) is 4.79 Å². The highest BCUT2D eigenvalue weighted by molar-refractivity contribution is 5.91. The van der Waals surface area contributed by atoms with Crippen LogP contribution in [0.5, 0.6) is 0 Å². The molecule has 2 aromatic rings. The molecule has 0 saturated heterocycles. The van der Waals surface area contributed by atoms with Crippen LogP contribution < -0.4 is 11.1 Å². The first-order valence-corrected chi connectivity index (χ1v) is 6.83. The molecule has 1 aromatic heterocycles. The van der Waals surface area contributed by atoms with E-state index in [9.17, 15) is 4.79 Å². The molecule has 1 aromatic carbocycles. The molecule has 1 aliphatic carbocycles. The number of hydrogen-bond acceptors (Lipinski definition) is 3. The molecule has 0 saturated carbocycles. The Morgan fingerprint density at radius 2 is 2.05 bits per heavy atom. The van der Waals surface area contributed by atoms with E-state index in [1.165, 1.54) is 23.7 Å². The maximum atomic E-state index is 12.0. The van der Waals surface area contributed by atoms with Crippen LogP contribution in [-0.2, 0) is 24.1 Å². The number of carbonyl (C=O) groups is 1. The van der Waals surface area contributed by atoms with Gasteiger partial charge in [-0.05, 0) is 48.1 Å². The fourth-order valence-electron chi connectivity index (χ4n) is 2.59. The van der Waals surface area contributed by atoms with Crippen molar-refractivity contribution in [2.75, 3.05) is 11.1 Å². The van der Waals surface area contributed by atoms with Crippen molar-refractivity contribution in [2.24, 2.45) is 0 Å². The van der Waals surface area contributed by atoms with Crippen LogP contribution in [0.3, 0.4) is 0 Å². The van der Waals surface area contributed by atoms with Crippen LogP contribution in [0.25, 0.3) is 0 Å². The standard InChI is InChI=1S/C16H17N3O/c17-14-6-7-15(18-10-14)19-16(20)9-11-4-5-12-2-1-3-13(12)8-11/h4-8,10H,1-3,9,17H2,(H,18,19,20). The molecule has 20 heavy (non-hydrogen) atoms. The monoisotopic (exact) mass is 267 g/mol. The van der Waals surface area contributed by atoms with E-state index >= 15 is 0 Å². The molecule has 0 spiro atoms. The number of nitrogens with one attached hydrogen (secondary N) is 1. The number of aromatic nitrogens is 1. The Hall–Kier alpha value is -2.36. The number of nitrogens with zero attached hydrogens (tertiary/aromatic N) is 1. The molecule has 3 N–H and O–H groups in total. The molecule has 1 heterocycles. The summed E-state index contributed by atoms with van der Waals surface area (Å²) in [7, 11) is 0. The van der Waals surface area contributed by atoms with Gasteiger partial charge >= 0.3 is 0 Å². The van der Waals surface area contributed by atoms with Crippen LogP contribution in [0.15, 0.2) is 36.5 Å². The minimum Gasteiger partial charge on any atom is -0.397 e. The van der Waals surface area contributed by atoms with Crippen molar-refractivity contribution < 1.29 is 4.79 Å². The van der Waals surface area contributed by atoms with Gasteiger partial charge in [-0.2, -0.15) is 0 Å². The van der Waals surface area contributed by atoms with E-state index in [2.05, 4.69) is 22.4 Å². The molecular weight excluding hydrogens is 250 g/mol. The second-order valence-corrected chi connectivity index (χ2v) is 5.16. The number of nitrogens with two attached hydrogens (primary N) is 1. The van der Waals surface area contributed by atoms with Gasteiger partial charge in [0.25, 0.3) is 0 Å². The van der Waals surface area contributed by atoms with Gasteiger partial charge in [0.05, 0.1) is 18.3 Å². The number of hydrogen-bond donors (Lipinski definition) is 2. The Morgan fingerprint density at radius 3 is 2.85 bits per heavy atom. The normalized spacial score (nSPS) is 13.0. The van der Waals surface area contributed by atoms with Crippen LogP contribution in [0.4, 0.5) is 11.5 Å². The summed E-state index contributed by atoms with van der Waals surface area (Å²) in [4.78, 5) is 16.0. The molecule has 0 bridgehead atoms. The number of nitrogen functional groups attached to an aromatic ring is 1. The van der Waals surface area contributed by atoms with E-state index in [4.69, 9.17) is 5.73 Å². The lowest BCUT2D eigenvalue weighted by atomic mass is 10.0. The molecule has 0 aliphatic heterocycles. The second-order valence-electron chi connectivity index (χ2n) is 5.16. The van der Waals surface area contributed by atoms with E-state index < -0.39 is 0 Å². The molecule has 1 aliphatic rings. The maximum Gasteiger partial charge on any atom is 0.229 e. The number of carbonyl (C=O) groups excluding carboxylic acids is 1. The average Bonchev–Trinajstić information content (AvgIpc) is 2.89. The third-order valence-corrected chi connectivity index (χ3v) is 3.58. The third kappa shape index (κ3) is 2.79. The molecule has 0 radical (unpaired) electrons. The number of pyridine rings is 1. The molecule has 1 amide bonds. The Kier molecular flexibility index (Phi) is 3.37. The summed E-state index contributed by atoms with van der Waals surface area (Å²) in [6.45, 7) is 0. The quantitative estimate of drug-likeness (QED) is 0.896. The second kappa shape index (κ2) is 5.33. The van der Waals surface area contributed by atoms with Gasteiger partial charge in [0.1, 0.15) is 5.82 Å². The summed E-state index contributed by atoms with van der Waals surface area (Å²) < 4.78 is 0. The van der Waals surface area contributed by atoms with Crippen molar-refractivity contribution in [2.45, 2.75) is 25.7 Å². The number of rotatable bonds is 3. The predicted octanol–water partition coefficient (Wildman–Crippen LogP) is 2.33. The van der Waals surface area contributed by atoms with Crippen molar-refractivity contribution in [3.63, 3.8) is 0 Å². The van der Waals surface area contributed by atoms with Gasteiger partial charge in [0, 0.05) is 0 Å². The van der Waals surface area contributed by atoms with E-state index in [1.54, 1.807) is 12.1 Å². The number of aryl methyl sites for hydroxylation is 2. The van der Waals surface area contributed by atoms with Gasteiger partial charge in [-0.25, -0.2) is 4.98 Å². The molecule has 0 atom stereocenters. The van der Waals surface area contributed by atoms with Crippen LogP contribution in [0.2, 0.25) is 0 Å². The average molecular weight is 267 g/mol. The van der Waals surface area contributed by atoms with Crippen LogP contribution in [-0.4, -0.2) is 10.9 Å².